The van der Waals surface area contributed by atoms with Crippen molar-refractivity contribution in [3.8, 4) is 11.1 Å². The monoisotopic (exact) mass is 286 g/mol. The summed E-state index contributed by atoms with van der Waals surface area (Å²) in [4.78, 5) is 0. The molecular weight excluding hydrogens is 264 g/mol. The summed E-state index contributed by atoms with van der Waals surface area (Å²) in [5.74, 6) is 0. The molecule has 0 aromatic heterocycles. The Labute approximate surface area is 133 Å². The van der Waals surface area contributed by atoms with Gasteiger partial charge in [-0.3, -0.25) is 0 Å². The number of benzene rings is 3. The lowest BCUT2D eigenvalue weighted by Crippen LogP contribution is -1.96. The van der Waals surface area contributed by atoms with Gasteiger partial charge in [-0.2, -0.15) is 0 Å². The van der Waals surface area contributed by atoms with Crippen LogP contribution in [0.25, 0.3) is 11.1 Å². The van der Waals surface area contributed by atoms with Crippen molar-refractivity contribution >= 4 is 0 Å². The molecule has 110 valence electrons. The molecule has 0 aliphatic rings. The molecule has 0 saturated heterocycles. The molecule has 0 nitrogen and oxygen atoms in total. The third-order valence-electron chi connectivity index (χ3n) is 4.27. The lowest BCUT2D eigenvalue weighted by atomic mass is 9.93. The number of hydrogen-bond donors (Lipinski definition) is 0. The molecule has 0 amide bonds. The summed E-state index contributed by atoms with van der Waals surface area (Å²) in [6.07, 6.45) is 2.17. The Kier molecular flexibility index (Phi) is 4.39. The molecule has 0 aliphatic heterocycles. The van der Waals surface area contributed by atoms with Gasteiger partial charge in [0.1, 0.15) is 0 Å². The Morgan fingerprint density at radius 2 is 1.32 bits per heavy atom. The molecule has 0 heteroatoms. The van der Waals surface area contributed by atoms with Crippen LogP contribution in [-0.4, -0.2) is 0 Å². The van der Waals surface area contributed by atoms with Gasteiger partial charge >= 0.3 is 0 Å². The first-order valence-corrected chi connectivity index (χ1v) is 7.93. The fourth-order valence-corrected chi connectivity index (χ4v) is 2.99. The summed E-state index contributed by atoms with van der Waals surface area (Å²) in [5, 5.41) is 0. The van der Waals surface area contributed by atoms with Crippen molar-refractivity contribution in [1.29, 1.82) is 0 Å². The summed E-state index contributed by atoms with van der Waals surface area (Å²) in [6, 6.07) is 26.2. The van der Waals surface area contributed by atoms with Crippen LogP contribution in [0.1, 0.15) is 22.3 Å². The second-order valence-corrected chi connectivity index (χ2v) is 5.95. The van der Waals surface area contributed by atoms with Crippen LogP contribution < -0.4 is 0 Å². The van der Waals surface area contributed by atoms with Crippen LogP contribution in [0.15, 0.2) is 72.8 Å². The predicted octanol–water partition coefficient (Wildman–Crippen LogP) is 5.76. The second kappa shape index (κ2) is 6.62. The van der Waals surface area contributed by atoms with Crippen molar-refractivity contribution in [1.82, 2.24) is 0 Å². The quantitative estimate of drug-likeness (QED) is 0.572. The van der Waals surface area contributed by atoms with Gasteiger partial charge in [0, 0.05) is 0 Å². The van der Waals surface area contributed by atoms with Gasteiger partial charge in [-0.1, -0.05) is 78.4 Å². The lowest BCUT2D eigenvalue weighted by molar-refractivity contribution is 0.951. The summed E-state index contributed by atoms with van der Waals surface area (Å²) < 4.78 is 0. The minimum absolute atomic E-state index is 1.08. The molecule has 0 heterocycles. The van der Waals surface area contributed by atoms with E-state index in [4.69, 9.17) is 0 Å². The molecular formula is C22H22. The van der Waals surface area contributed by atoms with Crippen LogP contribution in [-0.2, 0) is 12.8 Å². The summed E-state index contributed by atoms with van der Waals surface area (Å²) in [5.41, 5.74) is 8.25. The molecule has 0 bridgehead atoms. The zero-order valence-electron chi connectivity index (χ0n) is 13.3. The van der Waals surface area contributed by atoms with Crippen LogP contribution in [0.5, 0.6) is 0 Å². The number of aryl methyl sites for hydroxylation is 4. The zero-order valence-corrected chi connectivity index (χ0v) is 13.3. The first-order valence-electron chi connectivity index (χ1n) is 7.93. The van der Waals surface area contributed by atoms with E-state index in [9.17, 15) is 0 Å². The molecule has 3 aromatic rings. The Morgan fingerprint density at radius 3 is 2.09 bits per heavy atom. The van der Waals surface area contributed by atoms with E-state index in [2.05, 4.69) is 86.6 Å². The topological polar surface area (TPSA) is 0 Å². The maximum absolute atomic E-state index is 2.27. The van der Waals surface area contributed by atoms with Crippen molar-refractivity contribution in [2.24, 2.45) is 0 Å². The molecule has 0 atom stereocenters. The maximum atomic E-state index is 2.27. The summed E-state index contributed by atoms with van der Waals surface area (Å²) in [6.45, 7) is 4.35. The van der Waals surface area contributed by atoms with E-state index in [0.717, 1.165) is 12.8 Å². The Hall–Kier alpha value is -2.34. The Morgan fingerprint density at radius 1 is 0.636 bits per heavy atom. The predicted molar refractivity (Wildman–Crippen MR) is 95.2 cm³/mol. The first kappa shape index (κ1) is 14.6. The molecule has 22 heavy (non-hydrogen) atoms. The second-order valence-electron chi connectivity index (χ2n) is 5.95. The third-order valence-corrected chi connectivity index (χ3v) is 4.27. The molecule has 0 N–H and O–H groups in total. The van der Waals surface area contributed by atoms with E-state index in [1.54, 1.807) is 0 Å². The average Bonchev–Trinajstić information content (AvgIpc) is 2.54. The van der Waals surface area contributed by atoms with E-state index in [1.165, 1.54) is 33.4 Å². The van der Waals surface area contributed by atoms with Gasteiger partial charge in [-0.05, 0) is 54.5 Å². The largest absolute Gasteiger partial charge is 0.0620 e. The van der Waals surface area contributed by atoms with Gasteiger partial charge in [-0.25, -0.2) is 0 Å². The van der Waals surface area contributed by atoms with Crippen molar-refractivity contribution < 1.29 is 0 Å². The number of rotatable bonds is 4. The van der Waals surface area contributed by atoms with E-state index in [-0.39, 0.29) is 0 Å². The van der Waals surface area contributed by atoms with E-state index < -0.39 is 0 Å². The highest BCUT2D eigenvalue weighted by molar-refractivity contribution is 5.68. The van der Waals surface area contributed by atoms with Crippen LogP contribution in [0.4, 0.5) is 0 Å². The van der Waals surface area contributed by atoms with Gasteiger partial charge in [-0.15, -0.1) is 0 Å². The number of hydrogen-bond acceptors (Lipinski definition) is 0. The highest BCUT2D eigenvalue weighted by atomic mass is 14.1. The fourth-order valence-electron chi connectivity index (χ4n) is 2.99. The highest BCUT2D eigenvalue weighted by Crippen LogP contribution is 2.26. The zero-order chi connectivity index (χ0) is 15.4. The van der Waals surface area contributed by atoms with Gasteiger partial charge < -0.3 is 0 Å². The van der Waals surface area contributed by atoms with Gasteiger partial charge in [0.2, 0.25) is 0 Å². The van der Waals surface area contributed by atoms with Crippen molar-refractivity contribution in [2.75, 3.05) is 0 Å². The molecule has 0 fully saturated rings. The molecule has 0 radical (unpaired) electrons. The van der Waals surface area contributed by atoms with Crippen molar-refractivity contribution in [2.45, 2.75) is 26.7 Å². The van der Waals surface area contributed by atoms with Crippen molar-refractivity contribution in [3.63, 3.8) is 0 Å². The van der Waals surface area contributed by atoms with Gasteiger partial charge in [0.15, 0.2) is 0 Å². The smallest absolute Gasteiger partial charge is 0.0152 e. The minimum atomic E-state index is 1.08. The van der Waals surface area contributed by atoms with Crippen LogP contribution in [0.3, 0.4) is 0 Å². The standard InChI is InChI=1S/C22H22/c1-17-8-7-12-21(16-17)22-13-6-5-11-20(22)15-14-19-10-4-3-9-18(19)2/h3-13,16H,14-15H2,1-2H3. The van der Waals surface area contributed by atoms with E-state index in [1.807, 2.05) is 0 Å². The molecule has 3 rings (SSSR count). The normalized spacial score (nSPS) is 10.6. The average molecular weight is 286 g/mol. The van der Waals surface area contributed by atoms with Crippen LogP contribution >= 0.6 is 0 Å². The van der Waals surface area contributed by atoms with Crippen molar-refractivity contribution in [3.05, 3.63) is 95.1 Å². The van der Waals surface area contributed by atoms with Crippen LogP contribution in [0.2, 0.25) is 0 Å². The van der Waals surface area contributed by atoms with E-state index >= 15 is 0 Å². The third kappa shape index (κ3) is 3.28. The minimum Gasteiger partial charge on any atom is -0.0620 e. The SMILES string of the molecule is Cc1cccc(-c2ccccc2CCc2ccccc2C)c1. The summed E-state index contributed by atoms with van der Waals surface area (Å²) in [7, 11) is 0. The summed E-state index contributed by atoms with van der Waals surface area (Å²) >= 11 is 0. The Bertz CT molecular complexity index is 768. The van der Waals surface area contributed by atoms with Gasteiger partial charge in [0.05, 0.1) is 0 Å². The molecule has 0 spiro atoms. The van der Waals surface area contributed by atoms with E-state index in [0.29, 0.717) is 0 Å². The molecule has 0 unspecified atom stereocenters. The molecule has 3 aromatic carbocycles. The maximum Gasteiger partial charge on any atom is -0.0152 e. The van der Waals surface area contributed by atoms with Crippen LogP contribution in [0, 0.1) is 13.8 Å². The Balaban J connectivity index is 1.87. The lowest BCUT2D eigenvalue weighted by Gasteiger charge is -2.11. The molecule has 0 aliphatic carbocycles. The fraction of sp³-hybridized carbons (Fsp3) is 0.182. The molecule has 0 saturated carbocycles. The first-order chi connectivity index (χ1) is 10.7. The highest BCUT2D eigenvalue weighted by Gasteiger charge is 2.06. The van der Waals surface area contributed by atoms with Gasteiger partial charge in [0.25, 0.3) is 0 Å².